The first-order valence-electron chi connectivity index (χ1n) is 6.74. The lowest BCUT2D eigenvalue weighted by Gasteiger charge is -2.44. The maximum absolute atomic E-state index is 12.0. The van der Waals surface area contributed by atoms with Crippen molar-refractivity contribution in [3.63, 3.8) is 0 Å². The Morgan fingerprint density at radius 3 is 2.59 bits per heavy atom. The highest BCUT2D eigenvalue weighted by molar-refractivity contribution is 6.83. The molecule has 2 aliphatic rings. The summed E-state index contributed by atoms with van der Waals surface area (Å²) in [4.78, 5) is 12.0. The van der Waals surface area contributed by atoms with Crippen LogP contribution in [0.15, 0.2) is 11.3 Å². The van der Waals surface area contributed by atoms with Gasteiger partial charge in [-0.05, 0) is 6.42 Å². The molecule has 2 nitrogen and oxygen atoms in total. The maximum atomic E-state index is 12.0. The number of esters is 1. The van der Waals surface area contributed by atoms with E-state index in [0.717, 1.165) is 12.8 Å². The molecule has 2 rings (SSSR count). The number of unbranched alkanes of at least 4 members (excludes halogenated alkanes) is 1. The predicted octanol–water partition coefficient (Wildman–Crippen LogP) is 3.54. The van der Waals surface area contributed by atoms with Crippen molar-refractivity contribution in [1.82, 2.24) is 0 Å². The van der Waals surface area contributed by atoms with Crippen molar-refractivity contribution in [2.24, 2.45) is 11.3 Å². The first-order chi connectivity index (χ1) is 7.80. The lowest BCUT2D eigenvalue weighted by atomic mass is 9.65. The summed E-state index contributed by atoms with van der Waals surface area (Å²) in [7, 11) is -1.35. The van der Waals surface area contributed by atoms with Crippen LogP contribution in [0.4, 0.5) is 0 Å². The molecule has 0 aromatic rings. The Hall–Kier alpha value is -0.573. The van der Waals surface area contributed by atoms with E-state index in [1.807, 2.05) is 0 Å². The molecule has 0 spiro atoms. The van der Waals surface area contributed by atoms with Crippen LogP contribution in [0.5, 0.6) is 0 Å². The lowest BCUT2D eigenvalue weighted by Crippen LogP contribution is -2.48. The molecule has 1 heterocycles. The average molecular weight is 252 g/mol. The molecule has 0 N–H and O–H groups in total. The molecule has 96 valence electrons. The van der Waals surface area contributed by atoms with Gasteiger partial charge in [0.05, 0.1) is 14.0 Å². The zero-order valence-electron chi connectivity index (χ0n) is 11.7. The highest BCUT2D eigenvalue weighted by Crippen LogP contribution is 2.56. The number of hydrogen-bond acceptors (Lipinski definition) is 2. The van der Waals surface area contributed by atoms with Crippen molar-refractivity contribution in [2.75, 3.05) is 0 Å². The number of cyclic esters (lactones) is 1. The van der Waals surface area contributed by atoms with E-state index in [1.165, 1.54) is 11.6 Å². The summed E-state index contributed by atoms with van der Waals surface area (Å²) >= 11 is 0. The van der Waals surface area contributed by atoms with Crippen molar-refractivity contribution in [1.29, 1.82) is 0 Å². The van der Waals surface area contributed by atoms with Gasteiger partial charge in [-0.2, -0.15) is 0 Å². The topological polar surface area (TPSA) is 26.3 Å². The Morgan fingerprint density at radius 2 is 2.06 bits per heavy atom. The number of ether oxygens (including phenoxy) is 1. The fourth-order valence-corrected chi connectivity index (χ4v) is 5.18. The average Bonchev–Trinajstić information content (AvgIpc) is 2.34. The van der Waals surface area contributed by atoms with E-state index in [2.05, 4.69) is 39.6 Å². The summed E-state index contributed by atoms with van der Waals surface area (Å²) in [6.07, 6.45) is 5.82. The van der Waals surface area contributed by atoms with Crippen molar-refractivity contribution < 1.29 is 9.53 Å². The van der Waals surface area contributed by atoms with E-state index in [0.29, 0.717) is 0 Å². The number of hydrogen-bond donors (Lipinski definition) is 0. The molecule has 0 radical (unpaired) electrons. The SMILES string of the molecule is CCCC[C@H]1OC(=O)[C@H]2C([Si](C)(C)C)=C[C@]21C. The van der Waals surface area contributed by atoms with Crippen molar-refractivity contribution >= 4 is 14.0 Å². The molecule has 0 unspecified atom stereocenters. The minimum Gasteiger partial charge on any atom is -0.461 e. The Morgan fingerprint density at radius 1 is 1.41 bits per heavy atom. The second kappa shape index (κ2) is 3.97. The minimum absolute atomic E-state index is 0.00185. The normalized spacial score (nSPS) is 36.1. The number of fused-ring (bicyclic) bond motifs is 1. The van der Waals surface area contributed by atoms with Crippen LogP contribution in [-0.4, -0.2) is 20.1 Å². The fraction of sp³-hybridized carbons (Fsp3) is 0.786. The summed E-state index contributed by atoms with van der Waals surface area (Å²) in [5.41, 5.74) is 0.00185. The number of carbonyl (C=O) groups excluding carboxylic acids is 1. The lowest BCUT2D eigenvalue weighted by molar-refractivity contribution is -0.143. The van der Waals surface area contributed by atoms with Crippen molar-refractivity contribution in [2.45, 2.75) is 58.9 Å². The molecule has 3 atom stereocenters. The molecular weight excluding hydrogens is 228 g/mol. The second-order valence-electron chi connectivity index (χ2n) is 6.72. The van der Waals surface area contributed by atoms with Crippen LogP contribution in [0, 0.1) is 11.3 Å². The Balaban J connectivity index is 2.21. The first-order valence-corrected chi connectivity index (χ1v) is 10.2. The van der Waals surface area contributed by atoms with E-state index in [1.54, 1.807) is 0 Å². The van der Waals surface area contributed by atoms with Crippen molar-refractivity contribution in [3.05, 3.63) is 11.3 Å². The van der Waals surface area contributed by atoms with E-state index in [9.17, 15) is 4.79 Å². The van der Waals surface area contributed by atoms with Gasteiger partial charge in [-0.3, -0.25) is 4.79 Å². The van der Waals surface area contributed by atoms with Gasteiger partial charge in [-0.25, -0.2) is 0 Å². The maximum Gasteiger partial charge on any atom is 0.314 e. The van der Waals surface area contributed by atoms with Crippen LogP contribution in [0.1, 0.15) is 33.1 Å². The Kier molecular flexibility index (Phi) is 3.01. The largest absolute Gasteiger partial charge is 0.461 e. The third kappa shape index (κ3) is 1.88. The van der Waals surface area contributed by atoms with Crippen LogP contribution >= 0.6 is 0 Å². The summed E-state index contributed by atoms with van der Waals surface area (Å²) in [6.45, 7) is 11.3. The Labute approximate surface area is 105 Å². The number of carbonyl (C=O) groups is 1. The summed E-state index contributed by atoms with van der Waals surface area (Å²) in [5, 5.41) is 1.41. The minimum atomic E-state index is -1.35. The van der Waals surface area contributed by atoms with Crippen LogP contribution in [0.3, 0.4) is 0 Å². The molecule has 0 aromatic heterocycles. The van der Waals surface area contributed by atoms with Gasteiger partial charge >= 0.3 is 5.97 Å². The van der Waals surface area contributed by atoms with Gasteiger partial charge < -0.3 is 4.74 Å². The van der Waals surface area contributed by atoms with E-state index in [-0.39, 0.29) is 23.4 Å². The molecule has 1 saturated heterocycles. The van der Waals surface area contributed by atoms with Crippen LogP contribution in [0.25, 0.3) is 0 Å². The molecule has 3 heteroatoms. The standard InChI is InChI=1S/C14H24O2Si/c1-6-7-8-11-14(2)9-10(17(3,4)5)12(14)13(15)16-11/h9,11-12H,6-8H2,1-5H3/t11-,12-,14+/m1/s1. The highest BCUT2D eigenvalue weighted by atomic mass is 28.3. The van der Waals surface area contributed by atoms with Gasteiger partial charge in [-0.15, -0.1) is 0 Å². The quantitative estimate of drug-likeness (QED) is 0.565. The number of rotatable bonds is 4. The van der Waals surface area contributed by atoms with Gasteiger partial charge in [0.1, 0.15) is 6.10 Å². The van der Waals surface area contributed by atoms with Crippen LogP contribution < -0.4 is 0 Å². The first kappa shape index (κ1) is 12.9. The summed E-state index contributed by atoms with van der Waals surface area (Å²) in [6, 6.07) is 0. The highest BCUT2D eigenvalue weighted by Gasteiger charge is 2.61. The summed E-state index contributed by atoms with van der Waals surface area (Å²) in [5.74, 6) is 0.115. The molecule has 0 amide bonds. The van der Waals surface area contributed by atoms with E-state index < -0.39 is 8.07 Å². The second-order valence-corrected chi connectivity index (χ2v) is 11.8. The monoisotopic (exact) mass is 252 g/mol. The zero-order chi connectivity index (χ0) is 12.8. The fourth-order valence-electron chi connectivity index (χ4n) is 3.14. The zero-order valence-corrected chi connectivity index (χ0v) is 12.7. The summed E-state index contributed by atoms with van der Waals surface area (Å²) < 4.78 is 5.61. The van der Waals surface area contributed by atoms with Gasteiger partial charge in [0.2, 0.25) is 0 Å². The third-order valence-corrected chi connectivity index (χ3v) is 6.44. The molecule has 1 aliphatic heterocycles. The molecule has 0 saturated carbocycles. The predicted molar refractivity (Wildman–Crippen MR) is 72.4 cm³/mol. The van der Waals surface area contributed by atoms with Crippen molar-refractivity contribution in [3.8, 4) is 0 Å². The van der Waals surface area contributed by atoms with Gasteiger partial charge in [-0.1, -0.05) is 57.6 Å². The van der Waals surface area contributed by atoms with Gasteiger partial charge in [0.15, 0.2) is 0 Å². The van der Waals surface area contributed by atoms with Gasteiger partial charge in [0, 0.05) is 5.41 Å². The van der Waals surface area contributed by atoms with Crippen LogP contribution in [-0.2, 0) is 9.53 Å². The molecule has 1 fully saturated rings. The smallest absolute Gasteiger partial charge is 0.314 e. The molecule has 0 bridgehead atoms. The van der Waals surface area contributed by atoms with Gasteiger partial charge in [0.25, 0.3) is 0 Å². The Bertz CT molecular complexity index is 367. The molecule has 0 aromatic carbocycles. The van der Waals surface area contributed by atoms with E-state index >= 15 is 0 Å². The molecule has 1 aliphatic carbocycles. The molecule has 17 heavy (non-hydrogen) atoms. The molecular formula is C14H24O2Si. The van der Waals surface area contributed by atoms with Crippen LogP contribution in [0.2, 0.25) is 19.6 Å². The van der Waals surface area contributed by atoms with E-state index in [4.69, 9.17) is 4.74 Å². The third-order valence-electron chi connectivity index (χ3n) is 4.27.